The number of non-ortho nitro benzene ring substituents is 1. The minimum absolute atomic E-state index is 0.00000710. The van der Waals surface area contributed by atoms with Crippen molar-refractivity contribution in [2.24, 2.45) is 0 Å². The number of carbonyl (C=O) groups is 2. The van der Waals surface area contributed by atoms with E-state index in [0.29, 0.717) is 0 Å². The predicted octanol–water partition coefficient (Wildman–Crippen LogP) is 3.25. The quantitative estimate of drug-likeness (QED) is 0.297. The van der Waals surface area contributed by atoms with Crippen LogP contribution in [0.5, 0.6) is 0 Å². The minimum atomic E-state index is -3.88. The molecule has 1 heterocycles. The third-order valence-electron chi connectivity index (χ3n) is 3.83. The van der Waals surface area contributed by atoms with Crippen molar-refractivity contribution in [1.29, 1.82) is 0 Å². The van der Waals surface area contributed by atoms with Crippen LogP contribution in [0.2, 0.25) is 0 Å². The van der Waals surface area contributed by atoms with Gasteiger partial charge in [0.05, 0.1) is 16.2 Å². The molecule has 0 atom stereocenters. The second-order valence-electron chi connectivity index (χ2n) is 6.01. The maximum absolute atomic E-state index is 12.4. The molecule has 0 fully saturated rings. The number of hydrogen-bond acceptors (Lipinski definition) is 8. The Labute approximate surface area is 180 Å². The number of sulfonamides is 1. The molecule has 0 saturated heterocycles. The summed E-state index contributed by atoms with van der Waals surface area (Å²) in [5.41, 5.74) is -0.119. The van der Waals surface area contributed by atoms with Crippen molar-refractivity contribution in [3.05, 3.63) is 81.7 Å². The van der Waals surface area contributed by atoms with Crippen LogP contribution in [0.15, 0.2) is 70.3 Å². The van der Waals surface area contributed by atoms with E-state index in [1.165, 1.54) is 48.5 Å². The van der Waals surface area contributed by atoms with Gasteiger partial charge in [0.15, 0.2) is 6.61 Å². The monoisotopic (exact) mass is 461 g/mol. The van der Waals surface area contributed by atoms with Gasteiger partial charge in [-0.15, -0.1) is 11.3 Å². The van der Waals surface area contributed by atoms with Gasteiger partial charge in [0.1, 0.15) is 4.21 Å². The third kappa shape index (κ3) is 5.65. The van der Waals surface area contributed by atoms with Crippen LogP contribution in [0.4, 0.5) is 17.1 Å². The van der Waals surface area contributed by atoms with E-state index in [1.54, 1.807) is 11.4 Å². The van der Waals surface area contributed by atoms with Gasteiger partial charge in [-0.1, -0.05) is 24.3 Å². The molecule has 0 aliphatic heterocycles. The van der Waals surface area contributed by atoms with E-state index < -0.39 is 33.4 Å². The number of benzene rings is 2. The van der Waals surface area contributed by atoms with Crippen molar-refractivity contribution in [2.75, 3.05) is 16.6 Å². The number of rotatable bonds is 8. The molecule has 12 heteroatoms. The number of anilines is 2. The first-order valence-electron chi connectivity index (χ1n) is 8.63. The number of hydrogen-bond donors (Lipinski definition) is 2. The molecule has 0 unspecified atom stereocenters. The van der Waals surface area contributed by atoms with Gasteiger partial charge in [0.2, 0.25) is 0 Å². The minimum Gasteiger partial charge on any atom is -0.452 e. The molecule has 0 radical (unpaired) electrons. The van der Waals surface area contributed by atoms with Gasteiger partial charge in [-0.2, -0.15) is 0 Å². The lowest BCUT2D eigenvalue weighted by atomic mass is 10.2. The number of amides is 1. The smallest absolute Gasteiger partial charge is 0.340 e. The van der Waals surface area contributed by atoms with Crippen molar-refractivity contribution in [3.63, 3.8) is 0 Å². The first kappa shape index (κ1) is 21.9. The molecular formula is C19H15N3O7S2. The van der Waals surface area contributed by atoms with Gasteiger partial charge in [-0.3, -0.25) is 19.6 Å². The first-order chi connectivity index (χ1) is 14.8. The first-order valence-corrected chi connectivity index (χ1v) is 11.0. The summed E-state index contributed by atoms with van der Waals surface area (Å²) < 4.78 is 32.2. The molecule has 0 spiro atoms. The van der Waals surface area contributed by atoms with E-state index >= 15 is 0 Å². The number of nitrogens with zero attached hydrogens (tertiary/aromatic N) is 1. The molecular weight excluding hydrogens is 446 g/mol. The van der Waals surface area contributed by atoms with Gasteiger partial charge >= 0.3 is 5.97 Å². The number of nitro benzene ring substituents is 1. The predicted molar refractivity (Wildman–Crippen MR) is 114 cm³/mol. The third-order valence-corrected chi connectivity index (χ3v) is 6.59. The van der Waals surface area contributed by atoms with Gasteiger partial charge in [-0.25, -0.2) is 13.2 Å². The maximum atomic E-state index is 12.4. The highest BCUT2D eigenvalue weighted by Gasteiger charge is 2.20. The van der Waals surface area contributed by atoms with Crippen LogP contribution >= 0.6 is 11.3 Å². The van der Waals surface area contributed by atoms with Crippen LogP contribution in [0, 0.1) is 10.1 Å². The summed E-state index contributed by atoms with van der Waals surface area (Å²) in [5, 5.41) is 14.8. The van der Waals surface area contributed by atoms with E-state index in [4.69, 9.17) is 4.74 Å². The number of ether oxygens (including phenoxy) is 1. The summed E-state index contributed by atoms with van der Waals surface area (Å²) in [6.45, 7) is -0.673. The molecule has 0 bridgehead atoms. The largest absolute Gasteiger partial charge is 0.452 e. The summed E-state index contributed by atoms with van der Waals surface area (Å²) >= 11 is 1.02. The molecule has 160 valence electrons. The van der Waals surface area contributed by atoms with Crippen molar-refractivity contribution in [2.45, 2.75) is 4.21 Å². The fourth-order valence-corrected chi connectivity index (χ4v) is 4.54. The van der Waals surface area contributed by atoms with Crippen molar-refractivity contribution in [1.82, 2.24) is 0 Å². The average Bonchev–Trinajstić information content (AvgIpc) is 3.28. The molecule has 1 amide bonds. The zero-order chi connectivity index (χ0) is 22.4. The SMILES string of the molecule is O=C(COC(=O)c1ccccc1NS(=O)(=O)c1cccs1)Nc1cccc([N+](=O)[O-])c1. The number of nitrogens with one attached hydrogen (secondary N) is 2. The highest BCUT2D eigenvalue weighted by Crippen LogP contribution is 2.23. The van der Waals surface area contributed by atoms with E-state index in [2.05, 4.69) is 10.0 Å². The Morgan fingerprint density at radius 2 is 1.84 bits per heavy atom. The average molecular weight is 461 g/mol. The molecule has 31 heavy (non-hydrogen) atoms. The van der Waals surface area contributed by atoms with Crippen LogP contribution in [-0.2, 0) is 19.6 Å². The topological polar surface area (TPSA) is 145 Å². The van der Waals surface area contributed by atoms with Crippen LogP contribution < -0.4 is 10.0 Å². The van der Waals surface area contributed by atoms with Gasteiger partial charge in [-0.05, 0) is 29.6 Å². The highest BCUT2D eigenvalue weighted by molar-refractivity contribution is 7.94. The van der Waals surface area contributed by atoms with E-state index in [-0.39, 0.29) is 26.8 Å². The molecule has 2 aromatic carbocycles. The van der Waals surface area contributed by atoms with Crippen molar-refractivity contribution < 1.29 is 27.7 Å². The van der Waals surface area contributed by atoms with Gasteiger partial charge in [0.25, 0.3) is 21.6 Å². The summed E-state index contributed by atoms with van der Waals surface area (Å²) in [7, 11) is -3.88. The van der Waals surface area contributed by atoms with E-state index in [1.807, 2.05) is 0 Å². The molecule has 3 rings (SSSR count). The Balaban J connectivity index is 1.65. The fraction of sp³-hybridized carbons (Fsp3) is 0.0526. The number of nitro groups is 1. The van der Waals surface area contributed by atoms with Crippen molar-refractivity contribution in [3.8, 4) is 0 Å². The van der Waals surface area contributed by atoms with Crippen LogP contribution in [0.1, 0.15) is 10.4 Å². The summed E-state index contributed by atoms with van der Waals surface area (Å²) in [6.07, 6.45) is 0. The standard InChI is InChI=1S/C19H15N3O7S2/c23-17(20-13-5-3-6-14(11-13)22(25)26)12-29-19(24)15-7-1-2-8-16(15)21-31(27,28)18-9-4-10-30-18/h1-11,21H,12H2,(H,20,23). The van der Waals surface area contributed by atoms with Gasteiger partial charge in [0, 0.05) is 17.8 Å². The Kier molecular flexibility index (Phi) is 6.62. The molecule has 1 aromatic heterocycles. The Bertz CT molecular complexity index is 1220. The summed E-state index contributed by atoms with van der Waals surface area (Å²) in [4.78, 5) is 34.6. The number of thiophene rings is 1. The Morgan fingerprint density at radius 3 is 2.55 bits per heavy atom. The zero-order valence-corrected chi connectivity index (χ0v) is 17.3. The Morgan fingerprint density at radius 1 is 1.06 bits per heavy atom. The molecule has 10 nitrogen and oxygen atoms in total. The lowest BCUT2D eigenvalue weighted by Gasteiger charge is -2.11. The Hall–Kier alpha value is -3.77. The lowest BCUT2D eigenvalue weighted by Crippen LogP contribution is -2.22. The second kappa shape index (κ2) is 9.36. The number of para-hydroxylation sites is 1. The normalized spacial score (nSPS) is 10.8. The van der Waals surface area contributed by atoms with Crippen LogP contribution in [0.25, 0.3) is 0 Å². The lowest BCUT2D eigenvalue weighted by molar-refractivity contribution is -0.384. The van der Waals surface area contributed by atoms with Gasteiger partial charge < -0.3 is 10.1 Å². The molecule has 0 saturated carbocycles. The van der Waals surface area contributed by atoms with Crippen molar-refractivity contribution >= 4 is 50.3 Å². The molecule has 0 aliphatic carbocycles. The molecule has 0 aliphatic rings. The van der Waals surface area contributed by atoms with Crippen LogP contribution in [-0.4, -0.2) is 31.8 Å². The fourth-order valence-electron chi connectivity index (χ4n) is 2.46. The van der Waals surface area contributed by atoms with E-state index in [9.17, 15) is 28.1 Å². The zero-order valence-electron chi connectivity index (χ0n) is 15.7. The highest BCUT2D eigenvalue weighted by atomic mass is 32.2. The van der Waals surface area contributed by atoms with E-state index in [0.717, 1.165) is 17.4 Å². The maximum Gasteiger partial charge on any atom is 0.340 e. The molecule has 3 aromatic rings. The second-order valence-corrected chi connectivity index (χ2v) is 8.87. The summed E-state index contributed by atoms with van der Waals surface area (Å²) in [6, 6.07) is 14.1. The van der Waals surface area contributed by atoms with Crippen LogP contribution in [0.3, 0.4) is 0 Å². The summed E-state index contributed by atoms with van der Waals surface area (Å²) in [5.74, 6) is -1.64. The molecule has 2 N–H and O–H groups in total. The number of carbonyl (C=O) groups excluding carboxylic acids is 2. The number of esters is 1.